The first-order valence-corrected chi connectivity index (χ1v) is 17.5. The van der Waals surface area contributed by atoms with E-state index in [0.717, 1.165) is 46.4 Å². The highest BCUT2D eigenvalue weighted by molar-refractivity contribution is 6.14. The van der Waals surface area contributed by atoms with Gasteiger partial charge in [-0.25, -0.2) is 4.79 Å². The van der Waals surface area contributed by atoms with Crippen LogP contribution >= 0.6 is 0 Å². The highest BCUT2D eigenvalue weighted by Crippen LogP contribution is 2.55. The molecule has 1 aliphatic heterocycles. The van der Waals surface area contributed by atoms with Crippen molar-refractivity contribution in [1.82, 2.24) is 4.98 Å². The number of aromatic hydroxyl groups is 1. The van der Waals surface area contributed by atoms with Gasteiger partial charge in [0.1, 0.15) is 18.0 Å². The van der Waals surface area contributed by atoms with E-state index in [2.05, 4.69) is 4.98 Å². The summed E-state index contributed by atoms with van der Waals surface area (Å²) in [5.74, 6) is -7.11. The van der Waals surface area contributed by atoms with Crippen molar-refractivity contribution in [1.29, 1.82) is 0 Å². The van der Waals surface area contributed by atoms with Gasteiger partial charge < -0.3 is 54.9 Å². The van der Waals surface area contributed by atoms with Crippen LogP contribution in [0.5, 0.6) is 11.5 Å². The number of aliphatic hydroxyl groups is 6. The number of fused-ring (bicyclic) bond motifs is 5. The van der Waals surface area contributed by atoms with Crippen LogP contribution in [-0.4, -0.2) is 89.8 Å². The van der Waals surface area contributed by atoms with Crippen LogP contribution in [0, 0.1) is 11.8 Å². The number of nitrogens with one attached hydrogen (secondary N) is 1. The molecule has 2 heterocycles. The number of carbonyl (C=O) groups excluding carboxylic acids is 1. The first kappa shape index (κ1) is 34.7. The van der Waals surface area contributed by atoms with Gasteiger partial charge in [-0.15, -0.1) is 0 Å². The average molecular weight is 712 g/mol. The highest BCUT2D eigenvalue weighted by Gasteiger charge is 2.60. The lowest BCUT2D eigenvalue weighted by molar-refractivity contribution is -0.246. The van der Waals surface area contributed by atoms with E-state index in [0.29, 0.717) is 17.3 Å². The summed E-state index contributed by atoms with van der Waals surface area (Å²) in [6, 6.07) is 22.1. The van der Waals surface area contributed by atoms with Crippen molar-refractivity contribution in [2.45, 2.75) is 67.6 Å². The molecule has 8 N–H and O–H groups in total. The molecule has 1 aromatic heterocycles. The van der Waals surface area contributed by atoms with Crippen molar-refractivity contribution in [3.8, 4) is 11.5 Å². The number of ether oxygens (including phenoxy) is 3. The first-order valence-electron chi connectivity index (χ1n) is 17.5. The number of aliphatic hydroxyl groups excluding tert-OH is 3. The smallest absolute Gasteiger partial charge is 0.343 e. The van der Waals surface area contributed by atoms with E-state index < -0.39 is 67.0 Å². The molecule has 5 aromatic rings. The zero-order valence-corrected chi connectivity index (χ0v) is 28.2. The lowest BCUT2D eigenvalue weighted by Gasteiger charge is -2.54. The molecule has 0 spiro atoms. The molecular formula is C40H41NO11. The summed E-state index contributed by atoms with van der Waals surface area (Å²) < 4.78 is 17.8. The molecule has 8 rings (SSSR count). The third kappa shape index (κ3) is 5.49. The fourth-order valence-electron chi connectivity index (χ4n) is 8.87. The summed E-state index contributed by atoms with van der Waals surface area (Å²) >= 11 is 0. The van der Waals surface area contributed by atoms with Gasteiger partial charge in [-0.05, 0) is 82.3 Å². The number of esters is 1. The Morgan fingerprint density at radius 1 is 0.942 bits per heavy atom. The van der Waals surface area contributed by atoms with Crippen LogP contribution in [0.2, 0.25) is 0 Å². The largest absolute Gasteiger partial charge is 0.508 e. The molecule has 0 amide bonds. The quantitative estimate of drug-likeness (QED) is 0.0508. The number of H-pyrrole nitrogens is 1. The van der Waals surface area contributed by atoms with Crippen LogP contribution in [0.1, 0.15) is 36.9 Å². The molecule has 12 nitrogen and oxygen atoms in total. The number of carbonyl (C=O) groups is 1. The van der Waals surface area contributed by atoms with Gasteiger partial charge in [-0.1, -0.05) is 61.4 Å². The van der Waals surface area contributed by atoms with Crippen molar-refractivity contribution in [2.75, 3.05) is 13.2 Å². The average Bonchev–Trinajstić information content (AvgIpc) is 3.63. The molecule has 2 fully saturated rings. The molecule has 2 aliphatic carbocycles. The summed E-state index contributed by atoms with van der Waals surface area (Å²) in [5, 5.41) is 79.8. The number of benzene rings is 4. The summed E-state index contributed by atoms with van der Waals surface area (Å²) in [4.78, 5) is 17.2. The molecule has 0 radical (unpaired) electrons. The van der Waals surface area contributed by atoms with Crippen molar-refractivity contribution in [2.24, 2.45) is 11.8 Å². The zero-order valence-electron chi connectivity index (χ0n) is 28.2. The molecule has 7 unspecified atom stereocenters. The number of rotatable bonds is 8. The van der Waals surface area contributed by atoms with Crippen molar-refractivity contribution < 1.29 is 54.8 Å². The van der Waals surface area contributed by atoms with E-state index >= 15 is 0 Å². The number of hydrogen-bond acceptors (Lipinski definition) is 11. The van der Waals surface area contributed by atoms with E-state index in [4.69, 9.17) is 14.2 Å². The van der Waals surface area contributed by atoms with E-state index in [9.17, 15) is 40.5 Å². The van der Waals surface area contributed by atoms with E-state index in [1.807, 2.05) is 48.5 Å². The predicted octanol–water partition coefficient (Wildman–Crippen LogP) is 3.40. The third-order valence-corrected chi connectivity index (χ3v) is 11.5. The van der Waals surface area contributed by atoms with Crippen LogP contribution in [0.25, 0.3) is 32.4 Å². The first-order chi connectivity index (χ1) is 25.0. The standard InChI is InChI=1S/C40H41NO11/c42-19-30-33(32-28-18-23-6-2-1-5-22(23)17-24(28)8-13-29(32)41-30)51-37(46)35-34(36(45)40(49,21-43)52-35)50-20-31-38(26-9-11-27(44)12-10-26)15-4-3-7-25(38)14-16-39(31,47)48/h1-2,5-6,8-14,16-18,25,31,34-36,41-45,47-49H,3-4,7,15,19-21H2. The van der Waals surface area contributed by atoms with Gasteiger partial charge in [0.05, 0.1) is 42.3 Å². The molecule has 1 saturated heterocycles. The number of aromatic nitrogens is 1. The molecule has 12 heteroatoms. The maximum absolute atomic E-state index is 14.1. The van der Waals surface area contributed by atoms with Crippen molar-refractivity contribution in [3.05, 3.63) is 96.2 Å². The number of phenolic OH excluding ortho intramolecular Hbond substituents is 1. The molecule has 4 aromatic carbocycles. The summed E-state index contributed by atoms with van der Waals surface area (Å²) in [5.41, 5.74) is 0.706. The third-order valence-electron chi connectivity index (χ3n) is 11.5. The molecule has 3 aliphatic rings. The lowest BCUT2D eigenvalue weighted by Crippen LogP contribution is -2.59. The van der Waals surface area contributed by atoms with Crippen LogP contribution < -0.4 is 4.74 Å². The van der Waals surface area contributed by atoms with Gasteiger partial charge >= 0.3 is 5.97 Å². The molecule has 7 atom stereocenters. The number of aromatic amines is 1. The second kappa shape index (κ2) is 12.9. The monoisotopic (exact) mass is 711 g/mol. The molecule has 0 bridgehead atoms. The van der Waals surface area contributed by atoms with Crippen LogP contribution in [0.15, 0.2) is 84.9 Å². The second-order valence-electron chi connectivity index (χ2n) is 14.3. The Morgan fingerprint density at radius 3 is 2.42 bits per heavy atom. The number of hydrogen-bond donors (Lipinski definition) is 8. The van der Waals surface area contributed by atoms with Gasteiger partial charge in [-0.2, -0.15) is 0 Å². The van der Waals surface area contributed by atoms with Gasteiger partial charge in [0.25, 0.3) is 0 Å². The maximum atomic E-state index is 14.1. The van der Waals surface area contributed by atoms with Crippen LogP contribution in [0.4, 0.5) is 0 Å². The van der Waals surface area contributed by atoms with E-state index in [1.165, 1.54) is 6.08 Å². The lowest BCUT2D eigenvalue weighted by atomic mass is 9.52. The SMILES string of the molecule is O=C(Oc1c(CO)[nH]c2ccc3cc4ccccc4cc3c12)C1OC(O)(CO)C(O)C1OCC1C(O)(O)C=CC2CCCCC21c1ccc(O)cc1. The Bertz CT molecular complexity index is 2180. The zero-order chi connectivity index (χ0) is 36.4. The second-order valence-corrected chi connectivity index (χ2v) is 14.3. The van der Waals surface area contributed by atoms with Gasteiger partial charge in [-0.3, -0.25) is 0 Å². The predicted molar refractivity (Wildman–Crippen MR) is 189 cm³/mol. The Balaban J connectivity index is 1.15. The summed E-state index contributed by atoms with van der Waals surface area (Å²) in [6.45, 7) is -2.00. The number of allylic oxidation sites excluding steroid dienone is 1. The molecule has 1 saturated carbocycles. The topological polar surface area (TPSA) is 202 Å². The fourth-order valence-corrected chi connectivity index (χ4v) is 8.87. The minimum atomic E-state index is -2.61. The van der Waals surface area contributed by atoms with Gasteiger partial charge in [0.15, 0.2) is 17.6 Å². The molecular weight excluding hydrogens is 670 g/mol. The van der Waals surface area contributed by atoms with Crippen LogP contribution in [-0.2, 0) is 26.3 Å². The summed E-state index contributed by atoms with van der Waals surface area (Å²) in [7, 11) is 0. The Morgan fingerprint density at radius 2 is 1.69 bits per heavy atom. The van der Waals surface area contributed by atoms with E-state index in [-0.39, 0.29) is 23.1 Å². The van der Waals surface area contributed by atoms with Gasteiger partial charge in [0, 0.05) is 5.41 Å². The Hall–Kier alpha value is -4.37. The minimum absolute atomic E-state index is 0.0261. The van der Waals surface area contributed by atoms with Crippen molar-refractivity contribution in [3.63, 3.8) is 0 Å². The molecule has 52 heavy (non-hydrogen) atoms. The van der Waals surface area contributed by atoms with Gasteiger partial charge in [0.2, 0.25) is 5.79 Å². The Kier molecular flexibility index (Phi) is 8.63. The van der Waals surface area contributed by atoms with E-state index in [1.54, 1.807) is 30.3 Å². The summed E-state index contributed by atoms with van der Waals surface area (Å²) in [6.07, 6.45) is 0.823. The minimum Gasteiger partial charge on any atom is -0.508 e. The van der Waals surface area contributed by atoms with Crippen molar-refractivity contribution >= 4 is 38.4 Å². The van der Waals surface area contributed by atoms with Crippen LogP contribution in [0.3, 0.4) is 0 Å². The fraction of sp³-hybridized carbons (Fsp3) is 0.375. The molecule has 272 valence electrons. The normalized spacial score (nSPS) is 29.8. The maximum Gasteiger partial charge on any atom is 0.343 e. The highest BCUT2D eigenvalue weighted by atomic mass is 16.7. The Labute approximate surface area is 298 Å². The number of phenols is 1.